The third kappa shape index (κ3) is 3.38. The fourth-order valence-electron chi connectivity index (χ4n) is 1.86. The molecule has 0 bridgehead atoms. The first-order valence-electron chi connectivity index (χ1n) is 6.06. The molecule has 0 unspecified atom stereocenters. The molecule has 0 aliphatic carbocycles. The second-order valence-electron chi connectivity index (χ2n) is 4.23. The van der Waals surface area contributed by atoms with Crippen LogP contribution in [0.3, 0.4) is 0 Å². The molecule has 2 aromatic rings. The van der Waals surface area contributed by atoms with E-state index in [0.717, 1.165) is 0 Å². The molecule has 0 saturated carbocycles. The summed E-state index contributed by atoms with van der Waals surface area (Å²) in [5.74, 6) is 1.01. The summed E-state index contributed by atoms with van der Waals surface area (Å²) in [7, 11) is -0.898. The Morgan fingerprint density at radius 3 is 2.67 bits per heavy atom. The molecule has 8 nitrogen and oxygen atoms in total. The number of nitrogens with two attached hydrogens (primary N) is 1. The molecule has 0 saturated heterocycles. The zero-order valence-corrected chi connectivity index (χ0v) is 12.5. The van der Waals surface area contributed by atoms with Gasteiger partial charge in [-0.1, -0.05) is 12.1 Å². The maximum absolute atomic E-state index is 11.6. The summed E-state index contributed by atoms with van der Waals surface area (Å²) in [6.07, 6.45) is 0. The van der Waals surface area contributed by atoms with E-state index in [4.69, 9.17) is 14.6 Å². The molecule has 114 valence electrons. The maximum atomic E-state index is 11.6. The molecular weight excluding hydrogens is 296 g/mol. The van der Waals surface area contributed by atoms with Crippen LogP contribution >= 0.6 is 0 Å². The van der Waals surface area contributed by atoms with Crippen LogP contribution in [-0.2, 0) is 21.3 Å². The van der Waals surface area contributed by atoms with E-state index < -0.39 is 10.0 Å². The zero-order valence-electron chi connectivity index (χ0n) is 11.7. The quantitative estimate of drug-likeness (QED) is 0.818. The number of benzene rings is 1. The number of primary sulfonamides is 1. The van der Waals surface area contributed by atoms with Gasteiger partial charge >= 0.3 is 0 Å². The van der Waals surface area contributed by atoms with E-state index in [-0.39, 0.29) is 11.7 Å². The Morgan fingerprint density at radius 2 is 2.05 bits per heavy atom. The molecular formula is C12H16N4O4S. The Hall–Kier alpha value is -1.97. The SMILES string of the molecule is COCCn1c(-c2cccc(OC)c2)nnc1S(N)(=O)=O. The minimum absolute atomic E-state index is 0.266. The van der Waals surface area contributed by atoms with Crippen molar-refractivity contribution < 1.29 is 17.9 Å². The van der Waals surface area contributed by atoms with Gasteiger partial charge in [-0.05, 0) is 12.1 Å². The largest absolute Gasteiger partial charge is 0.497 e. The third-order valence-electron chi connectivity index (χ3n) is 2.82. The van der Waals surface area contributed by atoms with E-state index in [1.165, 1.54) is 11.7 Å². The van der Waals surface area contributed by atoms with Crippen molar-refractivity contribution in [3.05, 3.63) is 24.3 Å². The summed E-state index contributed by atoms with van der Waals surface area (Å²) in [6, 6.07) is 7.07. The first-order valence-corrected chi connectivity index (χ1v) is 7.61. The van der Waals surface area contributed by atoms with Crippen molar-refractivity contribution in [2.24, 2.45) is 5.14 Å². The van der Waals surface area contributed by atoms with Crippen molar-refractivity contribution in [1.82, 2.24) is 14.8 Å². The van der Waals surface area contributed by atoms with Crippen LogP contribution in [0.5, 0.6) is 5.75 Å². The van der Waals surface area contributed by atoms with Crippen molar-refractivity contribution in [3.8, 4) is 17.1 Å². The van der Waals surface area contributed by atoms with Crippen LogP contribution in [-0.4, -0.2) is 44.0 Å². The van der Waals surface area contributed by atoms with E-state index in [1.54, 1.807) is 31.4 Å². The number of methoxy groups -OCH3 is 2. The standard InChI is InChI=1S/C12H16N4O4S/c1-19-7-6-16-11(14-15-12(16)21(13,17)18)9-4-3-5-10(8-9)20-2/h3-5,8H,6-7H2,1-2H3,(H2,13,17,18). The average molecular weight is 312 g/mol. The Balaban J connectivity index is 2.54. The van der Waals surface area contributed by atoms with Gasteiger partial charge in [-0.3, -0.25) is 4.57 Å². The van der Waals surface area contributed by atoms with Gasteiger partial charge < -0.3 is 9.47 Å². The summed E-state index contributed by atoms with van der Waals surface area (Å²) >= 11 is 0. The predicted molar refractivity (Wildman–Crippen MR) is 75.3 cm³/mol. The molecule has 21 heavy (non-hydrogen) atoms. The monoisotopic (exact) mass is 312 g/mol. The van der Waals surface area contributed by atoms with Crippen molar-refractivity contribution in [2.75, 3.05) is 20.8 Å². The van der Waals surface area contributed by atoms with Gasteiger partial charge in [-0.15, -0.1) is 10.2 Å². The Kier molecular flexibility index (Phi) is 4.56. The van der Waals surface area contributed by atoms with Crippen molar-refractivity contribution in [1.29, 1.82) is 0 Å². The molecule has 0 aliphatic heterocycles. The Morgan fingerprint density at radius 1 is 1.29 bits per heavy atom. The molecule has 9 heteroatoms. The lowest BCUT2D eigenvalue weighted by molar-refractivity contribution is 0.185. The molecule has 0 radical (unpaired) electrons. The number of rotatable bonds is 6. The molecule has 2 rings (SSSR count). The Labute approximate surface area is 122 Å². The summed E-state index contributed by atoms with van der Waals surface area (Å²) in [6.45, 7) is 0.569. The van der Waals surface area contributed by atoms with Gasteiger partial charge in [0.25, 0.3) is 15.2 Å². The lowest BCUT2D eigenvalue weighted by Crippen LogP contribution is -2.20. The van der Waals surface area contributed by atoms with Crippen LogP contribution in [0.4, 0.5) is 0 Å². The fraction of sp³-hybridized carbons (Fsp3) is 0.333. The van der Waals surface area contributed by atoms with Crippen LogP contribution in [0.1, 0.15) is 0 Å². The van der Waals surface area contributed by atoms with Crippen LogP contribution in [0.25, 0.3) is 11.4 Å². The highest BCUT2D eigenvalue weighted by Crippen LogP contribution is 2.24. The minimum atomic E-state index is -3.96. The number of sulfonamides is 1. The van der Waals surface area contributed by atoms with Gasteiger partial charge in [0.05, 0.1) is 20.3 Å². The highest BCUT2D eigenvalue weighted by molar-refractivity contribution is 7.89. The number of hydrogen-bond donors (Lipinski definition) is 1. The normalized spacial score (nSPS) is 11.6. The van der Waals surface area contributed by atoms with E-state index >= 15 is 0 Å². The fourth-order valence-corrected chi connectivity index (χ4v) is 2.50. The molecule has 0 fully saturated rings. The van der Waals surface area contributed by atoms with Crippen molar-refractivity contribution >= 4 is 10.0 Å². The van der Waals surface area contributed by atoms with Crippen molar-refractivity contribution in [2.45, 2.75) is 11.7 Å². The number of ether oxygens (including phenoxy) is 2. The summed E-state index contributed by atoms with van der Waals surface area (Å²) in [4.78, 5) is 0. The minimum Gasteiger partial charge on any atom is -0.497 e. The summed E-state index contributed by atoms with van der Waals surface area (Å²) < 4.78 is 34.7. The van der Waals surface area contributed by atoms with Gasteiger partial charge in [0.2, 0.25) is 0 Å². The summed E-state index contributed by atoms with van der Waals surface area (Å²) in [5, 5.41) is 12.5. The topological polar surface area (TPSA) is 109 Å². The first-order chi connectivity index (χ1) is 9.97. The molecule has 0 aliphatic rings. The van der Waals surface area contributed by atoms with Crippen LogP contribution < -0.4 is 9.88 Å². The molecule has 1 heterocycles. The molecule has 1 aromatic carbocycles. The highest BCUT2D eigenvalue weighted by Gasteiger charge is 2.22. The zero-order chi connectivity index (χ0) is 15.5. The van der Waals surface area contributed by atoms with E-state index in [9.17, 15) is 8.42 Å². The van der Waals surface area contributed by atoms with Crippen molar-refractivity contribution in [3.63, 3.8) is 0 Å². The smallest absolute Gasteiger partial charge is 0.273 e. The Bertz CT molecular complexity index is 727. The van der Waals surface area contributed by atoms with Gasteiger partial charge in [-0.2, -0.15) is 0 Å². The predicted octanol–water partition coefficient (Wildman–Crippen LogP) is 0.248. The van der Waals surface area contributed by atoms with Gasteiger partial charge in [0.15, 0.2) is 5.82 Å². The van der Waals surface area contributed by atoms with Crippen LogP contribution in [0, 0.1) is 0 Å². The second kappa shape index (κ2) is 6.20. The number of aromatic nitrogens is 3. The molecule has 0 spiro atoms. The van der Waals surface area contributed by atoms with Gasteiger partial charge in [0.1, 0.15) is 5.75 Å². The lowest BCUT2D eigenvalue weighted by atomic mass is 10.2. The lowest BCUT2D eigenvalue weighted by Gasteiger charge is -2.09. The average Bonchev–Trinajstić information content (AvgIpc) is 2.89. The van der Waals surface area contributed by atoms with Crippen LogP contribution in [0.2, 0.25) is 0 Å². The van der Waals surface area contributed by atoms with Gasteiger partial charge in [0, 0.05) is 12.7 Å². The highest BCUT2D eigenvalue weighted by atomic mass is 32.2. The molecule has 0 atom stereocenters. The first kappa shape index (κ1) is 15.4. The second-order valence-corrected chi connectivity index (χ2v) is 5.68. The molecule has 0 amide bonds. The van der Waals surface area contributed by atoms with E-state index in [1.807, 2.05) is 0 Å². The molecule has 1 aromatic heterocycles. The molecule has 2 N–H and O–H groups in total. The number of hydrogen-bond acceptors (Lipinski definition) is 6. The third-order valence-corrected chi connectivity index (χ3v) is 3.63. The van der Waals surface area contributed by atoms with Crippen LogP contribution in [0.15, 0.2) is 29.4 Å². The maximum Gasteiger partial charge on any atom is 0.273 e. The number of nitrogens with zero attached hydrogens (tertiary/aromatic N) is 3. The van der Waals surface area contributed by atoms with Gasteiger partial charge in [-0.25, -0.2) is 13.6 Å². The summed E-state index contributed by atoms with van der Waals surface area (Å²) in [5.41, 5.74) is 0.674. The van der Waals surface area contributed by atoms with E-state index in [0.29, 0.717) is 23.7 Å². The van der Waals surface area contributed by atoms with E-state index in [2.05, 4.69) is 10.2 Å².